The maximum atomic E-state index is 5.74. The number of ether oxygens (including phenoxy) is 1. The summed E-state index contributed by atoms with van der Waals surface area (Å²) in [6, 6.07) is 16.9. The Hall–Kier alpha value is -2.86. The lowest BCUT2D eigenvalue weighted by Gasteiger charge is -2.31. The van der Waals surface area contributed by atoms with Gasteiger partial charge in [-0.1, -0.05) is 6.07 Å². The van der Waals surface area contributed by atoms with Crippen LogP contribution in [0, 0.1) is 13.8 Å². The van der Waals surface area contributed by atoms with Crippen LogP contribution in [0.25, 0.3) is 5.69 Å². The fraction of sp³-hybridized carbons (Fsp3) is 0.333. The molecule has 0 bridgehead atoms. The second-order valence-corrected chi connectivity index (χ2v) is 8.37. The van der Waals surface area contributed by atoms with E-state index in [-0.39, 0.29) is 18.1 Å². The van der Waals surface area contributed by atoms with Crippen LogP contribution < -0.4 is 10.1 Å². The van der Waals surface area contributed by atoms with Crippen molar-refractivity contribution in [3.63, 3.8) is 0 Å². The zero-order valence-electron chi connectivity index (χ0n) is 18.1. The van der Waals surface area contributed by atoms with E-state index in [1.165, 1.54) is 17.0 Å². The predicted molar refractivity (Wildman–Crippen MR) is 124 cm³/mol. The van der Waals surface area contributed by atoms with E-state index in [4.69, 9.17) is 17.0 Å². The zero-order valence-corrected chi connectivity index (χ0v) is 18.9. The molecular weight excluding hydrogens is 392 g/mol. The third-order valence-corrected chi connectivity index (χ3v) is 6.14. The van der Waals surface area contributed by atoms with Gasteiger partial charge < -0.3 is 19.5 Å². The van der Waals surface area contributed by atoms with Gasteiger partial charge in [0.1, 0.15) is 5.75 Å². The van der Waals surface area contributed by atoms with Gasteiger partial charge >= 0.3 is 0 Å². The highest BCUT2D eigenvalue weighted by Crippen LogP contribution is 2.42. The Labute approximate surface area is 183 Å². The van der Waals surface area contributed by atoms with Crippen molar-refractivity contribution >= 4 is 17.3 Å². The molecule has 0 spiro atoms. The van der Waals surface area contributed by atoms with E-state index in [1.54, 1.807) is 7.11 Å². The molecule has 4 rings (SSSR count). The number of pyridine rings is 1. The number of aromatic nitrogens is 2. The minimum atomic E-state index is 0.00548. The molecule has 5 nitrogen and oxygen atoms in total. The molecule has 0 amide bonds. The Balaban J connectivity index is 1.82. The van der Waals surface area contributed by atoms with Crippen molar-refractivity contribution in [1.82, 2.24) is 19.8 Å². The van der Waals surface area contributed by atoms with E-state index in [9.17, 15) is 0 Å². The summed E-state index contributed by atoms with van der Waals surface area (Å²) in [4.78, 5) is 6.93. The second kappa shape index (κ2) is 8.11. The van der Waals surface area contributed by atoms with E-state index in [0.717, 1.165) is 22.2 Å². The molecule has 30 heavy (non-hydrogen) atoms. The minimum absolute atomic E-state index is 0.00548. The number of hydrogen-bond acceptors (Lipinski definition) is 3. The van der Waals surface area contributed by atoms with Crippen molar-refractivity contribution in [2.75, 3.05) is 7.11 Å². The molecule has 2 aromatic heterocycles. The predicted octanol–water partition coefficient (Wildman–Crippen LogP) is 4.88. The first kappa shape index (κ1) is 20.4. The average Bonchev–Trinajstić information content (AvgIpc) is 3.24. The van der Waals surface area contributed by atoms with Crippen LogP contribution >= 0.6 is 12.2 Å². The number of methoxy groups -OCH3 is 1. The lowest BCUT2D eigenvalue weighted by Crippen LogP contribution is -2.35. The maximum absolute atomic E-state index is 5.74. The summed E-state index contributed by atoms with van der Waals surface area (Å²) >= 11 is 5.74. The zero-order chi connectivity index (χ0) is 21.4. The van der Waals surface area contributed by atoms with Gasteiger partial charge in [-0.3, -0.25) is 4.98 Å². The molecule has 1 fully saturated rings. The van der Waals surface area contributed by atoms with Gasteiger partial charge in [-0.2, -0.15) is 0 Å². The van der Waals surface area contributed by atoms with E-state index < -0.39 is 0 Å². The summed E-state index contributed by atoms with van der Waals surface area (Å²) in [7, 11) is 1.69. The summed E-state index contributed by atoms with van der Waals surface area (Å²) in [5.41, 5.74) is 5.79. The van der Waals surface area contributed by atoms with Crippen molar-refractivity contribution in [2.45, 2.75) is 45.8 Å². The number of aryl methyl sites for hydroxylation is 1. The summed E-state index contributed by atoms with van der Waals surface area (Å²) in [6.07, 6.45) is 1.84. The smallest absolute Gasteiger partial charge is 0.170 e. The Morgan fingerprint density at radius 2 is 1.83 bits per heavy atom. The molecule has 1 aliphatic heterocycles. The van der Waals surface area contributed by atoms with Crippen molar-refractivity contribution in [3.8, 4) is 11.4 Å². The average molecular weight is 421 g/mol. The van der Waals surface area contributed by atoms with E-state index >= 15 is 0 Å². The molecule has 156 valence electrons. The molecule has 1 N–H and O–H groups in total. The molecule has 0 unspecified atom stereocenters. The third-order valence-electron chi connectivity index (χ3n) is 5.81. The van der Waals surface area contributed by atoms with Crippen molar-refractivity contribution in [1.29, 1.82) is 0 Å². The Bertz CT molecular complexity index is 1040. The Kier molecular flexibility index (Phi) is 5.52. The fourth-order valence-corrected chi connectivity index (χ4v) is 4.92. The molecule has 0 saturated carbocycles. The molecule has 1 aromatic carbocycles. The molecule has 0 aliphatic carbocycles. The SMILES string of the molecule is COc1ccc(-n2c(C)cc([C@H]3[C@H](c4ccccn4)NC(=S)N3C(C)C)c2C)cc1. The van der Waals surface area contributed by atoms with Crippen molar-refractivity contribution in [3.05, 3.63) is 77.4 Å². The maximum Gasteiger partial charge on any atom is 0.170 e. The molecule has 1 aliphatic rings. The van der Waals surface area contributed by atoms with Crippen LogP contribution in [0.4, 0.5) is 0 Å². The summed E-state index contributed by atoms with van der Waals surface area (Å²) in [5.74, 6) is 0.855. The highest BCUT2D eigenvalue weighted by Gasteiger charge is 2.42. The third kappa shape index (κ3) is 3.45. The van der Waals surface area contributed by atoms with Crippen LogP contribution in [0.3, 0.4) is 0 Å². The number of nitrogens with one attached hydrogen (secondary N) is 1. The lowest BCUT2D eigenvalue weighted by atomic mass is 9.96. The Morgan fingerprint density at radius 3 is 2.43 bits per heavy atom. The number of benzene rings is 1. The first-order chi connectivity index (χ1) is 14.4. The van der Waals surface area contributed by atoms with Gasteiger partial charge in [0.25, 0.3) is 0 Å². The van der Waals surface area contributed by atoms with Crippen molar-refractivity contribution in [2.24, 2.45) is 0 Å². The van der Waals surface area contributed by atoms with Crippen LogP contribution in [0.5, 0.6) is 5.75 Å². The van der Waals surface area contributed by atoms with Gasteiger partial charge in [0.05, 0.1) is 24.9 Å². The molecule has 2 atom stereocenters. The van der Waals surface area contributed by atoms with E-state index in [2.05, 4.69) is 71.7 Å². The molecule has 1 saturated heterocycles. The minimum Gasteiger partial charge on any atom is -0.497 e. The first-order valence-corrected chi connectivity index (χ1v) is 10.7. The summed E-state index contributed by atoms with van der Waals surface area (Å²) in [5, 5.41) is 4.31. The first-order valence-electron chi connectivity index (χ1n) is 10.3. The standard InChI is InChI=1S/C24H28N4OS/c1-15(2)27-23(22(26-24(27)30)21-8-6-7-13-25-21)20-14-16(3)28(17(20)4)18-9-11-19(29-5)12-10-18/h6-15,22-23H,1-5H3,(H,26,30)/t22-,23-/m0/s1. The van der Waals surface area contributed by atoms with Gasteiger partial charge in [-0.15, -0.1) is 0 Å². The Morgan fingerprint density at radius 1 is 1.10 bits per heavy atom. The summed E-state index contributed by atoms with van der Waals surface area (Å²) in [6.45, 7) is 8.70. The lowest BCUT2D eigenvalue weighted by molar-refractivity contribution is 0.269. The van der Waals surface area contributed by atoms with Crippen LogP contribution in [0.15, 0.2) is 54.7 Å². The molecule has 3 heterocycles. The second-order valence-electron chi connectivity index (χ2n) is 7.99. The highest BCUT2D eigenvalue weighted by molar-refractivity contribution is 7.80. The van der Waals surface area contributed by atoms with Gasteiger partial charge in [0, 0.05) is 29.3 Å². The number of rotatable bonds is 5. The van der Waals surface area contributed by atoms with E-state index in [0.29, 0.717) is 0 Å². The van der Waals surface area contributed by atoms with Crippen LogP contribution in [0.2, 0.25) is 0 Å². The van der Waals surface area contributed by atoms with Gasteiger partial charge in [0.2, 0.25) is 0 Å². The molecule has 3 aromatic rings. The quantitative estimate of drug-likeness (QED) is 0.596. The molecule has 6 heteroatoms. The van der Waals surface area contributed by atoms with Gasteiger partial charge in [-0.25, -0.2) is 0 Å². The summed E-state index contributed by atoms with van der Waals surface area (Å²) < 4.78 is 7.62. The van der Waals surface area contributed by atoms with Gasteiger partial charge in [0.15, 0.2) is 5.11 Å². The molecule has 0 radical (unpaired) electrons. The monoisotopic (exact) mass is 420 g/mol. The number of hydrogen-bond donors (Lipinski definition) is 1. The normalized spacial score (nSPS) is 18.7. The topological polar surface area (TPSA) is 42.3 Å². The highest BCUT2D eigenvalue weighted by atomic mass is 32.1. The van der Waals surface area contributed by atoms with Crippen LogP contribution in [-0.4, -0.2) is 32.7 Å². The fourth-order valence-electron chi connectivity index (χ4n) is 4.47. The number of nitrogens with zero attached hydrogens (tertiary/aromatic N) is 3. The largest absolute Gasteiger partial charge is 0.497 e. The molecular formula is C24H28N4OS. The van der Waals surface area contributed by atoms with E-state index in [1.807, 2.05) is 30.5 Å². The van der Waals surface area contributed by atoms with Crippen molar-refractivity contribution < 1.29 is 4.74 Å². The van der Waals surface area contributed by atoms with Crippen LogP contribution in [0.1, 0.15) is 48.6 Å². The van der Waals surface area contributed by atoms with Crippen LogP contribution in [-0.2, 0) is 0 Å². The number of thiocarbonyl (C=S) groups is 1. The van der Waals surface area contributed by atoms with Gasteiger partial charge in [-0.05, 0) is 87.9 Å².